The Morgan fingerprint density at radius 2 is 1.88 bits per heavy atom. The predicted molar refractivity (Wildman–Crippen MR) is 126 cm³/mol. The molecule has 0 spiro atoms. The van der Waals surface area contributed by atoms with Crippen molar-refractivity contribution < 1.29 is 13.9 Å². The summed E-state index contributed by atoms with van der Waals surface area (Å²) >= 11 is 11.7. The molecule has 1 aliphatic rings. The van der Waals surface area contributed by atoms with Crippen molar-refractivity contribution in [2.24, 2.45) is 5.92 Å². The van der Waals surface area contributed by atoms with Gasteiger partial charge in [0.15, 0.2) is 5.78 Å². The number of nitrogens with zero attached hydrogens (tertiary/aromatic N) is 1. The maximum atomic E-state index is 13.5. The number of carbonyl (C=O) groups is 1. The van der Waals surface area contributed by atoms with E-state index in [0.29, 0.717) is 29.2 Å². The first kappa shape index (κ1) is 23.0. The Morgan fingerprint density at radius 3 is 2.66 bits per heavy atom. The Hall–Kier alpha value is -2.21. The lowest BCUT2D eigenvalue weighted by atomic mass is 9.83. The molecule has 168 valence electrons. The molecule has 0 amide bonds. The largest absolute Gasteiger partial charge is 0.486 e. The van der Waals surface area contributed by atoms with Crippen LogP contribution in [0.25, 0.3) is 10.9 Å². The van der Waals surface area contributed by atoms with Gasteiger partial charge in [-0.15, -0.1) is 0 Å². The van der Waals surface area contributed by atoms with E-state index >= 15 is 0 Å². The Morgan fingerprint density at radius 1 is 1.06 bits per heavy atom. The second-order valence-corrected chi connectivity index (χ2v) is 9.19. The fourth-order valence-corrected chi connectivity index (χ4v) is 4.47. The minimum Gasteiger partial charge on any atom is -0.486 e. The lowest BCUT2D eigenvalue weighted by molar-refractivity contribution is -0.122. The van der Waals surface area contributed by atoms with E-state index in [1.54, 1.807) is 6.07 Å². The first-order valence-electron chi connectivity index (χ1n) is 10.8. The normalized spacial score (nSPS) is 18.6. The number of hydrogen-bond acceptors (Lipinski definition) is 4. The quantitative estimate of drug-likeness (QED) is 0.412. The summed E-state index contributed by atoms with van der Waals surface area (Å²) in [7, 11) is 0. The molecule has 32 heavy (non-hydrogen) atoms. The van der Waals surface area contributed by atoms with Crippen molar-refractivity contribution in [3.05, 3.63) is 70.1 Å². The number of Topliss-reactive ketones (excluding diaryl/α,β-unsaturated/α-hetero) is 1. The minimum atomic E-state index is -0.550. The number of carbonyl (C=O) groups excluding carboxylic acids is 1. The zero-order valence-electron chi connectivity index (χ0n) is 17.6. The maximum Gasteiger partial charge on any atom is 0.170 e. The van der Waals surface area contributed by atoms with Gasteiger partial charge in [-0.2, -0.15) is 0 Å². The molecule has 3 aromatic rings. The highest BCUT2D eigenvalue weighted by molar-refractivity contribution is 6.31. The highest BCUT2D eigenvalue weighted by Gasteiger charge is 2.23. The maximum absolute atomic E-state index is 13.5. The summed E-state index contributed by atoms with van der Waals surface area (Å²) in [5, 5.41) is 5.39. The number of benzene rings is 2. The van der Waals surface area contributed by atoms with E-state index in [1.807, 2.05) is 30.3 Å². The van der Waals surface area contributed by atoms with E-state index in [-0.39, 0.29) is 17.4 Å². The van der Waals surface area contributed by atoms with Gasteiger partial charge in [0.25, 0.3) is 0 Å². The zero-order valence-corrected chi connectivity index (χ0v) is 19.1. The molecule has 4 rings (SSSR count). The molecule has 0 atom stereocenters. The van der Waals surface area contributed by atoms with E-state index < -0.39 is 5.82 Å². The topological polar surface area (TPSA) is 51.2 Å². The Kier molecular flexibility index (Phi) is 7.61. The molecule has 0 bridgehead atoms. The van der Waals surface area contributed by atoms with Crippen molar-refractivity contribution in [1.29, 1.82) is 0 Å². The molecule has 0 aliphatic heterocycles. The predicted octanol–water partition coefficient (Wildman–Crippen LogP) is 6.37. The van der Waals surface area contributed by atoms with Crippen LogP contribution in [0.3, 0.4) is 0 Å². The summed E-state index contributed by atoms with van der Waals surface area (Å²) in [6.07, 6.45) is 4.57. The molecule has 4 nitrogen and oxygen atoms in total. The zero-order chi connectivity index (χ0) is 22.5. The molecule has 1 aromatic heterocycles. The second-order valence-electron chi connectivity index (χ2n) is 8.35. The van der Waals surface area contributed by atoms with Gasteiger partial charge in [0.1, 0.15) is 18.2 Å². The minimum absolute atomic E-state index is 0.0374. The van der Waals surface area contributed by atoms with Crippen molar-refractivity contribution in [3.63, 3.8) is 0 Å². The lowest BCUT2D eigenvalue weighted by Gasteiger charge is -2.28. The van der Waals surface area contributed by atoms with Gasteiger partial charge in [0, 0.05) is 35.5 Å². The van der Waals surface area contributed by atoms with Gasteiger partial charge < -0.3 is 10.1 Å². The van der Waals surface area contributed by atoms with Crippen LogP contribution in [0.4, 0.5) is 4.39 Å². The van der Waals surface area contributed by atoms with E-state index in [9.17, 15) is 9.18 Å². The van der Waals surface area contributed by atoms with Crippen molar-refractivity contribution in [2.75, 3.05) is 6.61 Å². The lowest BCUT2D eigenvalue weighted by Crippen LogP contribution is -2.33. The van der Waals surface area contributed by atoms with Crippen LogP contribution in [-0.2, 0) is 11.3 Å². The van der Waals surface area contributed by atoms with Gasteiger partial charge in [0.05, 0.1) is 16.2 Å². The molecular formula is C25H25Cl2FN2O2. The van der Waals surface area contributed by atoms with Crippen LogP contribution in [-0.4, -0.2) is 23.4 Å². The number of ether oxygens (including phenoxy) is 1. The molecule has 1 fully saturated rings. The van der Waals surface area contributed by atoms with E-state index in [4.69, 9.17) is 32.9 Å². The van der Waals surface area contributed by atoms with Crippen molar-refractivity contribution in [3.8, 4) is 5.75 Å². The van der Waals surface area contributed by atoms with E-state index in [2.05, 4.69) is 5.32 Å². The average molecular weight is 475 g/mol. The first-order chi connectivity index (χ1) is 15.5. The van der Waals surface area contributed by atoms with Gasteiger partial charge >= 0.3 is 0 Å². The van der Waals surface area contributed by atoms with Crippen LogP contribution in [0.5, 0.6) is 5.75 Å². The van der Waals surface area contributed by atoms with E-state index in [0.717, 1.165) is 48.8 Å². The molecule has 0 saturated heterocycles. The fourth-order valence-electron chi connectivity index (χ4n) is 4.17. The van der Waals surface area contributed by atoms with Crippen LogP contribution in [0.1, 0.15) is 37.8 Å². The third-order valence-electron chi connectivity index (χ3n) is 5.93. The number of nitrogens with one attached hydrogen (secondary N) is 1. The highest BCUT2D eigenvalue weighted by atomic mass is 35.5. The molecule has 7 heteroatoms. The third kappa shape index (κ3) is 6.18. The molecule has 0 radical (unpaired) electrons. The number of hydrogen-bond donors (Lipinski definition) is 1. The number of aromatic nitrogens is 1. The van der Waals surface area contributed by atoms with Crippen molar-refractivity contribution in [1.82, 2.24) is 10.3 Å². The molecule has 1 heterocycles. The van der Waals surface area contributed by atoms with Crippen molar-refractivity contribution >= 4 is 39.9 Å². The van der Waals surface area contributed by atoms with Crippen LogP contribution in [0.2, 0.25) is 10.0 Å². The highest BCUT2D eigenvalue weighted by Crippen LogP contribution is 2.28. The SMILES string of the molecule is O=C(COc1ccc(Cl)c(F)c1)CC1CCC(NCc2ccc3cc(Cl)ccc3n2)CC1. The summed E-state index contributed by atoms with van der Waals surface area (Å²) in [6.45, 7) is 0.677. The number of fused-ring (bicyclic) bond motifs is 1. The van der Waals surface area contributed by atoms with Gasteiger partial charge in [-0.3, -0.25) is 9.78 Å². The van der Waals surface area contributed by atoms with Gasteiger partial charge in [0.2, 0.25) is 0 Å². The summed E-state index contributed by atoms with van der Waals surface area (Å²) in [6, 6.07) is 14.4. The summed E-state index contributed by atoms with van der Waals surface area (Å²) in [5.74, 6) is 0.177. The first-order valence-corrected chi connectivity index (χ1v) is 11.6. The molecule has 0 unspecified atom stereocenters. The van der Waals surface area contributed by atoms with Crippen LogP contribution in [0, 0.1) is 11.7 Å². The molecule has 2 aromatic carbocycles. The van der Waals surface area contributed by atoms with Crippen molar-refractivity contribution in [2.45, 2.75) is 44.7 Å². The fraction of sp³-hybridized carbons (Fsp3) is 0.360. The summed E-state index contributed by atoms with van der Waals surface area (Å²) in [4.78, 5) is 17.0. The van der Waals surface area contributed by atoms with E-state index in [1.165, 1.54) is 12.1 Å². The van der Waals surface area contributed by atoms with Crippen LogP contribution in [0.15, 0.2) is 48.5 Å². The van der Waals surface area contributed by atoms with Gasteiger partial charge in [-0.25, -0.2) is 4.39 Å². The number of ketones is 1. The molecule has 1 saturated carbocycles. The third-order valence-corrected chi connectivity index (χ3v) is 6.48. The monoisotopic (exact) mass is 474 g/mol. The summed E-state index contributed by atoms with van der Waals surface area (Å²) in [5.41, 5.74) is 1.95. The molecular weight excluding hydrogens is 450 g/mol. The molecule has 1 aliphatic carbocycles. The van der Waals surface area contributed by atoms with Gasteiger partial charge in [-0.05, 0) is 68.0 Å². The average Bonchev–Trinajstić information content (AvgIpc) is 2.79. The number of pyridine rings is 1. The Bertz CT molecular complexity index is 1100. The standard InChI is InChI=1S/C25H25Cl2FN2O2/c26-18-4-10-25-17(12-18)3-7-20(30-25)14-29-19-5-1-16(2-6-19)11-21(31)15-32-22-8-9-23(27)24(28)13-22/h3-4,7-10,12-13,16,19,29H,1-2,5-6,11,14-15H2. The number of rotatable bonds is 8. The number of halogens is 3. The summed E-state index contributed by atoms with van der Waals surface area (Å²) < 4.78 is 18.9. The van der Waals surface area contributed by atoms with Crippen LogP contribution < -0.4 is 10.1 Å². The van der Waals surface area contributed by atoms with Crippen LogP contribution >= 0.6 is 23.2 Å². The Balaban J connectivity index is 1.18. The smallest absolute Gasteiger partial charge is 0.170 e. The van der Waals surface area contributed by atoms with Gasteiger partial charge in [-0.1, -0.05) is 29.3 Å². The Labute approximate surface area is 197 Å². The molecule has 1 N–H and O–H groups in total. The second kappa shape index (κ2) is 10.6.